The van der Waals surface area contributed by atoms with Gasteiger partial charge in [-0.1, -0.05) is 54.6 Å². The van der Waals surface area contributed by atoms with Gasteiger partial charge in [0, 0.05) is 41.1 Å². The zero-order valence-corrected chi connectivity index (χ0v) is 19.6. The second-order valence-corrected chi connectivity index (χ2v) is 8.31. The minimum atomic E-state index is -0.410. The molecule has 7 nitrogen and oxygen atoms in total. The number of nitro groups is 2. The van der Waals surface area contributed by atoms with Gasteiger partial charge >= 0.3 is 0 Å². The Morgan fingerprint density at radius 2 is 0.838 bits per heavy atom. The zero-order chi connectivity index (χ0) is 25.8. The van der Waals surface area contributed by atoms with Crippen molar-refractivity contribution in [2.45, 2.75) is 0 Å². The highest BCUT2D eigenvalue weighted by Crippen LogP contribution is 2.44. The Bertz CT molecular complexity index is 1470. The van der Waals surface area contributed by atoms with E-state index in [9.17, 15) is 20.2 Å². The fourth-order valence-electron chi connectivity index (χ4n) is 4.34. The maximum absolute atomic E-state index is 11.2. The molecule has 0 amide bonds. The summed E-state index contributed by atoms with van der Waals surface area (Å²) in [5, 5.41) is 22.4. The number of para-hydroxylation sites is 3. The van der Waals surface area contributed by atoms with Crippen molar-refractivity contribution < 1.29 is 9.85 Å². The molecule has 0 unspecified atom stereocenters. The summed E-state index contributed by atoms with van der Waals surface area (Å²) in [4.78, 5) is 23.7. The molecule has 5 rings (SSSR count). The SMILES string of the molecule is O=[N+]([O-])c1ccc(-c2ccccc2N(c2ccccc2)c2ccccc2-c2ccc([N+](=O)[O-])cc2)cc1. The maximum Gasteiger partial charge on any atom is 0.269 e. The average Bonchev–Trinajstić information content (AvgIpc) is 2.94. The Labute approximate surface area is 213 Å². The first-order chi connectivity index (χ1) is 18.0. The lowest BCUT2D eigenvalue weighted by molar-refractivity contribution is -0.385. The molecule has 0 heterocycles. The van der Waals surface area contributed by atoms with Gasteiger partial charge < -0.3 is 4.90 Å². The fraction of sp³-hybridized carbons (Fsp3) is 0. The van der Waals surface area contributed by atoms with Crippen molar-refractivity contribution in [3.8, 4) is 22.3 Å². The molecule has 0 bridgehead atoms. The van der Waals surface area contributed by atoms with Crippen molar-refractivity contribution in [2.24, 2.45) is 0 Å². The molecule has 0 spiro atoms. The summed E-state index contributed by atoms with van der Waals surface area (Å²) in [5.41, 5.74) is 6.25. The van der Waals surface area contributed by atoms with Gasteiger partial charge in [-0.2, -0.15) is 0 Å². The smallest absolute Gasteiger partial charge is 0.269 e. The van der Waals surface area contributed by atoms with Gasteiger partial charge in [-0.15, -0.1) is 0 Å². The summed E-state index contributed by atoms with van der Waals surface area (Å²) in [5.74, 6) is 0. The third-order valence-corrected chi connectivity index (χ3v) is 6.08. The third kappa shape index (κ3) is 4.78. The van der Waals surface area contributed by atoms with Gasteiger partial charge in [0.05, 0.1) is 21.2 Å². The van der Waals surface area contributed by atoms with E-state index in [1.54, 1.807) is 24.3 Å². The van der Waals surface area contributed by atoms with Crippen molar-refractivity contribution in [3.05, 3.63) is 148 Å². The Kier molecular flexibility index (Phi) is 6.42. The van der Waals surface area contributed by atoms with Gasteiger partial charge in [-0.05, 0) is 59.7 Å². The molecule has 7 heteroatoms. The van der Waals surface area contributed by atoms with Crippen LogP contribution in [0.2, 0.25) is 0 Å². The normalized spacial score (nSPS) is 10.6. The second kappa shape index (κ2) is 10.1. The molecule has 0 aliphatic heterocycles. The number of non-ortho nitro benzene ring substituents is 2. The van der Waals surface area contributed by atoms with Crippen molar-refractivity contribution in [2.75, 3.05) is 4.90 Å². The van der Waals surface area contributed by atoms with Gasteiger partial charge in [0.15, 0.2) is 0 Å². The van der Waals surface area contributed by atoms with Crippen LogP contribution in [0, 0.1) is 20.2 Å². The monoisotopic (exact) mass is 487 g/mol. The molecule has 0 atom stereocenters. The van der Waals surface area contributed by atoms with Crippen LogP contribution in [0.15, 0.2) is 127 Å². The van der Waals surface area contributed by atoms with Gasteiger partial charge in [0.25, 0.3) is 11.4 Å². The summed E-state index contributed by atoms with van der Waals surface area (Å²) in [7, 11) is 0. The number of hydrogen-bond donors (Lipinski definition) is 0. The Hall–Kier alpha value is -5.30. The predicted octanol–water partition coefficient (Wildman–Crippen LogP) is 8.31. The molecule has 37 heavy (non-hydrogen) atoms. The van der Waals surface area contributed by atoms with Crippen LogP contribution in [0.1, 0.15) is 0 Å². The van der Waals surface area contributed by atoms with Crippen LogP contribution in [0.4, 0.5) is 28.4 Å². The molecule has 180 valence electrons. The topological polar surface area (TPSA) is 89.5 Å². The standard InChI is InChI=1S/C30H21N3O4/c34-32(35)25-18-14-22(15-19-25)27-10-4-6-12-29(27)31(24-8-2-1-3-9-24)30-13-7-5-11-28(30)23-16-20-26(21-17-23)33(36)37/h1-21H. The lowest BCUT2D eigenvalue weighted by atomic mass is 9.98. The van der Waals surface area contributed by atoms with Crippen LogP contribution < -0.4 is 4.90 Å². The summed E-state index contributed by atoms with van der Waals surface area (Å²) < 4.78 is 0. The lowest BCUT2D eigenvalue weighted by Gasteiger charge is -2.29. The van der Waals surface area contributed by atoms with E-state index in [4.69, 9.17) is 0 Å². The number of nitro benzene ring substituents is 2. The average molecular weight is 488 g/mol. The minimum Gasteiger partial charge on any atom is -0.309 e. The van der Waals surface area contributed by atoms with Crippen LogP contribution in [0.25, 0.3) is 22.3 Å². The number of hydrogen-bond acceptors (Lipinski definition) is 5. The van der Waals surface area contributed by atoms with E-state index < -0.39 is 9.85 Å². The quantitative estimate of drug-likeness (QED) is 0.170. The molecule has 5 aromatic carbocycles. The first kappa shape index (κ1) is 23.4. The molecular formula is C30H21N3O4. The second-order valence-electron chi connectivity index (χ2n) is 8.31. The minimum absolute atomic E-state index is 0.0321. The van der Waals surface area contributed by atoms with E-state index in [0.717, 1.165) is 39.3 Å². The molecule has 0 aromatic heterocycles. The molecule has 0 aliphatic carbocycles. The van der Waals surface area contributed by atoms with E-state index in [1.807, 2.05) is 78.9 Å². The molecule has 0 saturated carbocycles. The van der Waals surface area contributed by atoms with Crippen molar-refractivity contribution >= 4 is 28.4 Å². The molecular weight excluding hydrogens is 466 g/mol. The first-order valence-electron chi connectivity index (χ1n) is 11.6. The molecule has 0 radical (unpaired) electrons. The molecule has 5 aromatic rings. The van der Waals surface area contributed by atoms with Gasteiger partial charge in [0.2, 0.25) is 0 Å². The van der Waals surface area contributed by atoms with E-state index in [2.05, 4.69) is 4.90 Å². The Morgan fingerprint density at radius 3 is 1.24 bits per heavy atom. The van der Waals surface area contributed by atoms with Gasteiger partial charge in [-0.3, -0.25) is 20.2 Å². The van der Waals surface area contributed by atoms with Crippen molar-refractivity contribution in [1.82, 2.24) is 0 Å². The summed E-state index contributed by atoms with van der Waals surface area (Å²) >= 11 is 0. The van der Waals surface area contributed by atoms with Crippen LogP contribution in [0.3, 0.4) is 0 Å². The highest BCUT2D eigenvalue weighted by molar-refractivity contribution is 5.93. The van der Waals surface area contributed by atoms with Crippen LogP contribution in [-0.2, 0) is 0 Å². The van der Waals surface area contributed by atoms with E-state index >= 15 is 0 Å². The Balaban J connectivity index is 1.70. The number of benzene rings is 5. The molecule has 0 saturated heterocycles. The fourth-order valence-corrected chi connectivity index (χ4v) is 4.34. The van der Waals surface area contributed by atoms with Crippen LogP contribution >= 0.6 is 0 Å². The Morgan fingerprint density at radius 1 is 0.459 bits per heavy atom. The zero-order valence-electron chi connectivity index (χ0n) is 19.6. The molecule has 0 fully saturated rings. The highest BCUT2D eigenvalue weighted by Gasteiger charge is 2.20. The lowest BCUT2D eigenvalue weighted by Crippen LogP contribution is -2.12. The van der Waals surface area contributed by atoms with Crippen molar-refractivity contribution in [3.63, 3.8) is 0 Å². The van der Waals surface area contributed by atoms with Crippen molar-refractivity contribution in [1.29, 1.82) is 0 Å². The summed E-state index contributed by atoms with van der Waals surface area (Å²) in [6.45, 7) is 0. The van der Waals surface area contributed by atoms with Crippen LogP contribution in [0.5, 0.6) is 0 Å². The number of rotatable bonds is 7. The molecule has 0 aliphatic rings. The van der Waals surface area contributed by atoms with E-state index in [-0.39, 0.29) is 11.4 Å². The predicted molar refractivity (Wildman–Crippen MR) is 145 cm³/mol. The molecule has 0 N–H and O–H groups in total. The first-order valence-corrected chi connectivity index (χ1v) is 11.6. The van der Waals surface area contributed by atoms with Gasteiger partial charge in [-0.25, -0.2) is 0 Å². The summed E-state index contributed by atoms with van der Waals surface area (Å²) in [6, 6.07) is 38.7. The summed E-state index contributed by atoms with van der Waals surface area (Å²) in [6.07, 6.45) is 0. The maximum atomic E-state index is 11.2. The number of anilines is 3. The largest absolute Gasteiger partial charge is 0.309 e. The van der Waals surface area contributed by atoms with Gasteiger partial charge in [0.1, 0.15) is 0 Å². The van der Waals surface area contributed by atoms with Crippen LogP contribution in [-0.4, -0.2) is 9.85 Å². The van der Waals surface area contributed by atoms with E-state index in [0.29, 0.717) is 0 Å². The highest BCUT2D eigenvalue weighted by atomic mass is 16.6. The number of nitrogens with zero attached hydrogens (tertiary/aromatic N) is 3. The third-order valence-electron chi connectivity index (χ3n) is 6.08. The van der Waals surface area contributed by atoms with E-state index in [1.165, 1.54) is 24.3 Å².